The fourth-order valence-electron chi connectivity index (χ4n) is 5.26. The van der Waals surface area contributed by atoms with E-state index in [4.69, 9.17) is 0 Å². The fraction of sp³-hybridized carbons (Fsp3) is 0.889. The highest BCUT2D eigenvalue weighted by molar-refractivity contribution is 5.27. The molecular weight excluding hydrogens is 216 g/mol. The molecule has 0 aliphatic heterocycles. The first kappa shape index (κ1) is 14.2. The summed E-state index contributed by atoms with van der Waals surface area (Å²) >= 11 is 0. The molecule has 0 saturated heterocycles. The Kier molecular flexibility index (Phi) is 3.45. The molecule has 0 spiro atoms. The van der Waals surface area contributed by atoms with Gasteiger partial charge in [-0.05, 0) is 46.8 Å². The predicted octanol–water partition coefficient (Wildman–Crippen LogP) is 5.40. The molecule has 0 bridgehead atoms. The Morgan fingerprint density at radius 3 is 2.22 bits per heavy atom. The smallest absolute Gasteiger partial charge is 0.0115 e. The molecule has 2 aliphatic carbocycles. The van der Waals surface area contributed by atoms with Gasteiger partial charge in [0, 0.05) is 0 Å². The summed E-state index contributed by atoms with van der Waals surface area (Å²) in [5.74, 6) is 5.79. The molecule has 104 valence electrons. The van der Waals surface area contributed by atoms with Crippen LogP contribution in [0.5, 0.6) is 0 Å². The maximum Gasteiger partial charge on any atom is -0.0115 e. The number of fused-ring (bicyclic) bond motifs is 1. The van der Waals surface area contributed by atoms with E-state index < -0.39 is 0 Å². The van der Waals surface area contributed by atoms with Gasteiger partial charge in [0.1, 0.15) is 0 Å². The normalized spacial score (nSPS) is 45.3. The largest absolute Gasteiger partial charge is 0.0992 e. The van der Waals surface area contributed by atoms with Crippen molar-refractivity contribution in [1.82, 2.24) is 0 Å². The zero-order chi connectivity index (χ0) is 13.8. The van der Waals surface area contributed by atoms with Gasteiger partial charge in [-0.25, -0.2) is 0 Å². The minimum absolute atomic E-state index is 0.486. The lowest BCUT2D eigenvalue weighted by molar-refractivity contribution is -0.0682. The van der Waals surface area contributed by atoms with Crippen molar-refractivity contribution < 1.29 is 0 Å². The Morgan fingerprint density at radius 2 is 1.78 bits per heavy atom. The van der Waals surface area contributed by atoms with Crippen LogP contribution in [0.3, 0.4) is 0 Å². The van der Waals surface area contributed by atoms with Gasteiger partial charge in [-0.3, -0.25) is 0 Å². The second kappa shape index (κ2) is 4.39. The van der Waals surface area contributed by atoms with Gasteiger partial charge < -0.3 is 0 Å². The SMILES string of the molecule is C=C1C(C(C)C(C)CC)C(C)C2C(C)C(C)(C)C12. The summed E-state index contributed by atoms with van der Waals surface area (Å²) in [7, 11) is 0. The molecule has 0 radical (unpaired) electrons. The van der Waals surface area contributed by atoms with Gasteiger partial charge in [0.15, 0.2) is 0 Å². The van der Waals surface area contributed by atoms with E-state index in [2.05, 4.69) is 55.0 Å². The predicted molar refractivity (Wildman–Crippen MR) is 80.3 cm³/mol. The van der Waals surface area contributed by atoms with Crippen molar-refractivity contribution in [1.29, 1.82) is 0 Å². The van der Waals surface area contributed by atoms with E-state index in [0.717, 1.165) is 41.4 Å². The van der Waals surface area contributed by atoms with Crippen LogP contribution in [0.4, 0.5) is 0 Å². The molecule has 0 N–H and O–H groups in total. The molecule has 0 heterocycles. The van der Waals surface area contributed by atoms with Gasteiger partial charge in [0.05, 0.1) is 0 Å². The molecule has 2 saturated carbocycles. The van der Waals surface area contributed by atoms with Crippen molar-refractivity contribution in [3.05, 3.63) is 12.2 Å². The highest BCUT2D eigenvalue weighted by atomic mass is 14.7. The summed E-state index contributed by atoms with van der Waals surface area (Å²) in [4.78, 5) is 0. The Bertz CT molecular complexity index is 338. The van der Waals surface area contributed by atoms with E-state index in [1.54, 1.807) is 5.57 Å². The van der Waals surface area contributed by atoms with Gasteiger partial charge in [0.25, 0.3) is 0 Å². The van der Waals surface area contributed by atoms with Gasteiger partial charge in [-0.1, -0.05) is 67.0 Å². The molecule has 7 atom stereocenters. The zero-order valence-electron chi connectivity index (χ0n) is 13.5. The minimum atomic E-state index is 0.486. The first-order valence-corrected chi connectivity index (χ1v) is 7.93. The van der Waals surface area contributed by atoms with Crippen molar-refractivity contribution >= 4 is 0 Å². The van der Waals surface area contributed by atoms with E-state index >= 15 is 0 Å². The molecule has 0 heteroatoms. The molecule has 2 rings (SSSR count). The molecule has 0 aromatic carbocycles. The van der Waals surface area contributed by atoms with Crippen LogP contribution in [-0.4, -0.2) is 0 Å². The van der Waals surface area contributed by atoms with Crippen LogP contribution in [0.2, 0.25) is 0 Å². The highest BCUT2D eigenvalue weighted by Crippen LogP contribution is 2.68. The topological polar surface area (TPSA) is 0 Å². The van der Waals surface area contributed by atoms with E-state index in [1.165, 1.54) is 6.42 Å². The average Bonchev–Trinajstić information content (AvgIpc) is 2.57. The first-order valence-electron chi connectivity index (χ1n) is 7.93. The maximum atomic E-state index is 4.54. The van der Waals surface area contributed by atoms with Crippen LogP contribution in [0, 0.1) is 46.8 Å². The molecule has 7 unspecified atom stereocenters. The summed E-state index contributed by atoms with van der Waals surface area (Å²) in [6, 6.07) is 0. The van der Waals surface area contributed by atoms with E-state index in [0.29, 0.717) is 5.41 Å². The quantitative estimate of drug-likeness (QED) is 0.587. The minimum Gasteiger partial charge on any atom is -0.0992 e. The van der Waals surface area contributed by atoms with Gasteiger partial charge in [0.2, 0.25) is 0 Å². The summed E-state index contributed by atoms with van der Waals surface area (Å²) in [6.45, 7) is 21.6. The summed E-state index contributed by atoms with van der Waals surface area (Å²) in [6.07, 6.45) is 1.30. The van der Waals surface area contributed by atoms with E-state index in [9.17, 15) is 0 Å². The standard InChI is InChI=1S/C18H32/c1-9-10(2)11(3)15-12(4)16-14(6)18(7,8)17(16)13(15)5/h10-12,14-17H,5,9H2,1-4,6-8H3. The van der Waals surface area contributed by atoms with Crippen LogP contribution in [0.1, 0.15) is 54.9 Å². The third-order valence-corrected chi connectivity index (χ3v) is 7.05. The molecule has 0 aromatic heterocycles. The Hall–Kier alpha value is -0.260. The molecule has 0 nitrogen and oxygen atoms in total. The second-order valence-corrected chi connectivity index (χ2v) is 7.87. The third kappa shape index (κ3) is 1.63. The zero-order valence-corrected chi connectivity index (χ0v) is 13.5. The first-order chi connectivity index (χ1) is 8.25. The summed E-state index contributed by atoms with van der Waals surface area (Å²) in [5, 5.41) is 0. The number of hydrogen-bond donors (Lipinski definition) is 0. The lowest BCUT2D eigenvalue weighted by Gasteiger charge is -2.56. The molecular formula is C18H32. The van der Waals surface area contributed by atoms with Crippen LogP contribution >= 0.6 is 0 Å². The summed E-state index contributed by atoms with van der Waals surface area (Å²) in [5.41, 5.74) is 2.07. The molecule has 2 fully saturated rings. The molecule has 2 aliphatic rings. The maximum absolute atomic E-state index is 4.54. The van der Waals surface area contributed by atoms with Crippen LogP contribution in [-0.2, 0) is 0 Å². The molecule has 0 amide bonds. The monoisotopic (exact) mass is 248 g/mol. The van der Waals surface area contributed by atoms with E-state index in [1.807, 2.05) is 0 Å². The number of hydrogen-bond acceptors (Lipinski definition) is 0. The van der Waals surface area contributed by atoms with Gasteiger partial charge in [-0.15, -0.1) is 0 Å². The Balaban J connectivity index is 2.24. The van der Waals surface area contributed by atoms with Crippen molar-refractivity contribution in [2.24, 2.45) is 46.8 Å². The average molecular weight is 248 g/mol. The number of rotatable bonds is 3. The Morgan fingerprint density at radius 1 is 1.22 bits per heavy atom. The lowest BCUT2D eigenvalue weighted by Crippen LogP contribution is -2.51. The van der Waals surface area contributed by atoms with Crippen molar-refractivity contribution in [2.75, 3.05) is 0 Å². The summed E-state index contributed by atoms with van der Waals surface area (Å²) < 4.78 is 0. The fourth-order valence-corrected chi connectivity index (χ4v) is 5.26. The van der Waals surface area contributed by atoms with Crippen molar-refractivity contribution in [3.63, 3.8) is 0 Å². The van der Waals surface area contributed by atoms with Crippen LogP contribution < -0.4 is 0 Å². The highest BCUT2D eigenvalue weighted by Gasteiger charge is 2.63. The van der Waals surface area contributed by atoms with Crippen LogP contribution in [0.25, 0.3) is 0 Å². The number of allylic oxidation sites excluding steroid dienone is 1. The van der Waals surface area contributed by atoms with Crippen molar-refractivity contribution in [3.8, 4) is 0 Å². The molecule has 18 heavy (non-hydrogen) atoms. The third-order valence-electron chi connectivity index (χ3n) is 7.05. The van der Waals surface area contributed by atoms with Crippen LogP contribution in [0.15, 0.2) is 12.2 Å². The molecule has 0 aromatic rings. The van der Waals surface area contributed by atoms with Crippen molar-refractivity contribution in [2.45, 2.75) is 54.9 Å². The van der Waals surface area contributed by atoms with Gasteiger partial charge >= 0.3 is 0 Å². The van der Waals surface area contributed by atoms with E-state index in [-0.39, 0.29) is 0 Å². The van der Waals surface area contributed by atoms with Gasteiger partial charge in [-0.2, -0.15) is 0 Å². The second-order valence-electron chi connectivity index (χ2n) is 7.87. The Labute approximate surface area is 114 Å². The lowest BCUT2D eigenvalue weighted by atomic mass is 9.48.